The zero-order valence-corrected chi connectivity index (χ0v) is 13.2. The van der Waals surface area contributed by atoms with Crippen molar-refractivity contribution in [3.05, 3.63) is 53.6 Å². The van der Waals surface area contributed by atoms with Crippen LogP contribution in [0.4, 0.5) is 5.69 Å². The van der Waals surface area contributed by atoms with Crippen molar-refractivity contribution in [1.82, 2.24) is 4.90 Å². The number of anilines is 1. The standard InChI is InChI=1S/C18H20N2O3/c1-3-11(2)20-17(12-8-9-15(21)16(22)10-12)19-14-7-5-4-6-13(14)18(20)23/h4-11,17,19,21-22H,3H2,1-2H3/t11-,17+/m0/s1. The predicted molar refractivity (Wildman–Crippen MR) is 88.5 cm³/mol. The summed E-state index contributed by atoms with van der Waals surface area (Å²) in [4.78, 5) is 14.7. The van der Waals surface area contributed by atoms with Gasteiger partial charge in [-0.25, -0.2) is 0 Å². The maximum atomic E-state index is 12.9. The van der Waals surface area contributed by atoms with E-state index in [2.05, 4.69) is 5.32 Å². The quantitative estimate of drug-likeness (QED) is 0.759. The van der Waals surface area contributed by atoms with Crippen molar-refractivity contribution in [2.24, 2.45) is 0 Å². The number of amides is 1. The van der Waals surface area contributed by atoms with Crippen molar-refractivity contribution < 1.29 is 15.0 Å². The summed E-state index contributed by atoms with van der Waals surface area (Å²) >= 11 is 0. The Morgan fingerprint density at radius 1 is 1.17 bits per heavy atom. The van der Waals surface area contributed by atoms with Crippen molar-refractivity contribution in [2.45, 2.75) is 32.5 Å². The van der Waals surface area contributed by atoms with Gasteiger partial charge >= 0.3 is 0 Å². The molecular formula is C18H20N2O3. The number of fused-ring (bicyclic) bond motifs is 1. The number of phenols is 2. The molecule has 1 heterocycles. The first-order chi connectivity index (χ1) is 11.0. The topological polar surface area (TPSA) is 72.8 Å². The summed E-state index contributed by atoms with van der Waals surface area (Å²) in [5, 5.41) is 22.7. The predicted octanol–water partition coefficient (Wildman–Crippen LogP) is 3.46. The summed E-state index contributed by atoms with van der Waals surface area (Å²) in [6.07, 6.45) is 0.426. The summed E-state index contributed by atoms with van der Waals surface area (Å²) in [5.41, 5.74) is 2.14. The number of para-hydroxylation sites is 1. The van der Waals surface area contributed by atoms with Gasteiger partial charge in [0, 0.05) is 11.7 Å². The zero-order chi connectivity index (χ0) is 16.6. The lowest BCUT2D eigenvalue weighted by molar-refractivity contribution is 0.0593. The summed E-state index contributed by atoms with van der Waals surface area (Å²) in [6.45, 7) is 4.03. The van der Waals surface area contributed by atoms with Crippen LogP contribution in [-0.4, -0.2) is 27.1 Å². The van der Waals surface area contributed by atoms with Crippen LogP contribution in [0.2, 0.25) is 0 Å². The number of hydrogen-bond donors (Lipinski definition) is 3. The minimum Gasteiger partial charge on any atom is -0.504 e. The Morgan fingerprint density at radius 2 is 1.91 bits per heavy atom. The molecule has 1 aliphatic rings. The molecule has 2 aromatic rings. The molecule has 23 heavy (non-hydrogen) atoms. The van der Waals surface area contributed by atoms with Gasteiger partial charge in [-0.2, -0.15) is 0 Å². The third kappa shape index (κ3) is 2.59. The van der Waals surface area contributed by atoms with E-state index in [0.29, 0.717) is 5.56 Å². The van der Waals surface area contributed by atoms with E-state index in [4.69, 9.17) is 0 Å². The molecule has 2 aromatic carbocycles. The highest BCUT2D eigenvalue weighted by Crippen LogP contribution is 2.37. The minimum absolute atomic E-state index is 0.0318. The van der Waals surface area contributed by atoms with Gasteiger partial charge in [0.2, 0.25) is 0 Å². The zero-order valence-electron chi connectivity index (χ0n) is 13.2. The number of hydrogen-bond acceptors (Lipinski definition) is 4. The smallest absolute Gasteiger partial charge is 0.258 e. The number of nitrogens with zero attached hydrogens (tertiary/aromatic N) is 1. The largest absolute Gasteiger partial charge is 0.504 e. The van der Waals surface area contributed by atoms with Gasteiger partial charge in [0.25, 0.3) is 5.91 Å². The second kappa shape index (κ2) is 5.83. The molecule has 1 aliphatic heterocycles. The Labute approximate surface area is 135 Å². The lowest BCUT2D eigenvalue weighted by Crippen LogP contribution is -2.47. The molecule has 3 N–H and O–H groups in total. The maximum absolute atomic E-state index is 12.9. The first-order valence-electron chi connectivity index (χ1n) is 7.73. The Bertz CT molecular complexity index is 745. The highest BCUT2D eigenvalue weighted by molar-refractivity contribution is 6.01. The Balaban J connectivity index is 2.09. The van der Waals surface area contributed by atoms with E-state index in [0.717, 1.165) is 17.7 Å². The first-order valence-corrected chi connectivity index (χ1v) is 7.73. The summed E-state index contributed by atoms with van der Waals surface area (Å²) in [6, 6.07) is 12.1. The van der Waals surface area contributed by atoms with Crippen LogP contribution in [0, 0.1) is 0 Å². The Hall–Kier alpha value is -2.69. The SMILES string of the molecule is CC[C@H](C)N1C(=O)c2ccccc2N[C@H]1c1ccc(O)c(O)c1. The third-order valence-electron chi connectivity index (χ3n) is 4.34. The number of phenolic OH excluding ortho intramolecular Hbond substituents is 2. The van der Waals surface area contributed by atoms with Crippen molar-refractivity contribution in [1.29, 1.82) is 0 Å². The number of benzene rings is 2. The molecule has 0 fully saturated rings. The van der Waals surface area contributed by atoms with Gasteiger partial charge in [0.1, 0.15) is 6.17 Å². The average molecular weight is 312 g/mol. The van der Waals surface area contributed by atoms with Crippen LogP contribution >= 0.6 is 0 Å². The molecular weight excluding hydrogens is 292 g/mol. The molecule has 0 radical (unpaired) electrons. The van der Waals surface area contributed by atoms with Crippen molar-refractivity contribution in [3.63, 3.8) is 0 Å². The lowest BCUT2D eigenvalue weighted by Gasteiger charge is -2.41. The molecule has 3 rings (SSSR count). The van der Waals surface area contributed by atoms with Crippen LogP contribution in [0.1, 0.15) is 42.4 Å². The van der Waals surface area contributed by atoms with Crippen LogP contribution in [-0.2, 0) is 0 Å². The van der Waals surface area contributed by atoms with E-state index in [1.54, 1.807) is 11.0 Å². The van der Waals surface area contributed by atoms with Crippen LogP contribution in [0.3, 0.4) is 0 Å². The van der Waals surface area contributed by atoms with E-state index in [1.807, 2.05) is 38.1 Å². The molecule has 2 atom stereocenters. The molecule has 0 bridgehead atoms. The molecule has 0 aliphatic carbocycles. The molecule has 1 amide bonds. The monoisotopic (exact) mass is 312 g/mol. The highest BCUT2D eigenvalue weighted by atomic mass is 16.3. The number of carbonyl (C=O) groups is 1. The molecule has 120 valence electrons. The maximum Gasteiger partial charge on any atom is 0.258 e. The van der Waals surface area contributed by atoms with E-state index in [9.17, 15) is 15.0 Å². The molecule has 0 saturated carbocycles. The molecule has 5 nitrogen and oxygen atoms in total. The molecule has 0 unspecified atom stereocenters. The molecule has 0 spiro atoms. The normalized spacial score (nSPS) is 18.3. The summed E-state index contributed by atoms with van der Waals surface area (Å²) < 4.78 is 0. The fraction of sp³-hybridized carbons (Fsp3) is 0.278. The van der Waals surface area contributed by atoms with Gasteiger partial charge in [0.15, 0.2) is 11.5 Å². The highest BCUT2D eigenvalue weighted by Gasteiger charge is 2.35. The van der Waals surface area contributed by atoms with Crippen molar-refractivity contribution in [2.75, 3.05) is 5.32 Å². The number of nitrogens with one attached hydrogen (secondary N) is 1. The van der Waals surface area contributed by atoms with E-state index >= 15 is 0 Å². The van der Waals surface area contributed by atoms with Gasteiger partial charge in [-0.3, -0.25) is 4.79 Å². The molecule has 0 saturated heterocycles. The summed E-state index contributed by atoms with van der Waals surface area (Å²) in [5.74, 6) is -0.405. The second-order valence-electron chi connectivity index (χ2n) is 5.81. The Morgan fingerprint density at radius 3 is 2.61 bits per heavy atom. The number of rotatable bonds is 3. The van der Waals surface area contributed by atoms with Gasteiger partial charge in [-0.05, 0) is 43.2 Å². The fourth-order valence-corrected chi connectivity index (χ4v) is 2.87. The van der Waals surface area contributed by atoms with Crippen LogP contribution in [0.15, 0.2) is 42.5 Å². The first kappa shape index (κ1) is 15.2. The number of aromatic hydroxyl groups is 2. The molecule has 5 heteroatoms. The fourth-order valence-electron chi connectivity index (χ4n) is 2.87. The van der Waals surface area contributed by atoms with Crippen LogP contribution < -0.4 is 5.32 Å². The Kier molecular flexibility index (Phi) is 3.86. The van der Waals surface area contributed by atoms with Crippen molar-refractivity contribution in [3.8, 4) is 11.5 Å². The average Bonchev–Trinajstić information content (AvgIpc) is 2.56. The van der Waals surface area contributed by atoms with E-state index in [1.165, 1.54) is 12.1 Å². The van der Waals surface area contributed by atoms with Crippen molar-refractivity contribution >= 4 is 11.6 Å². The molecule has 0 aromatic heterocycles. The van der Waals surface area contributed by atoms with Gasteiger partial charge < -0.3 is 20.4 Å². The van der Waals surface area contributed by atoms with Crippen LogP contribution in [0.5, 0.6) is 11.5 Å². The van der Waals surface area contributed by atoms with Crippen LogP contribution in [0.25, 0.3) is 0 Å². The van der Waals surface area contributed by atoms with Gasteiger partial charge in [0.05, 0.1) is 5.56 Å². The number of carbonyl (C=O) groups excluding carboxylic acids is 1. The van der Waals surface area contributed by atoms with E-state index in [-0.39, 0.29) is 29.6 Å². The van der Waals surface area contributed by atoms with Gasteiger partial charge in [-0.1, -0.05) is 25.1 Å². The van der Waals surface area contributed by atoms with E-state index < -0.39 is 0 Å². The summed E-state index contributed by atoms with van der Waals surface area (Å²) in [7, 11) is 0. The third-order valence-corrected chi connectivity index (χ3v) is 4.34. The minimum atomic E-state index is -0.390. The second-order valence-corrected chi connectivity index (χ2v) is 5.81. The van der Waals surface area contributed by atoms with Gasteiger partial charge in [-0.15, -0.1) is 0 Å². The lowest BCUT2D eigenvalue weighted by atomic mass is 10.0.